The van der Waals surface area contributed by atoms with Gasteiger partial charge in [-0.1, -0.05) is 6.07 Å². The van der Waals surface area contributed by atoms with Crippen molar-refractivity contribution in [2.45, 2.75) is 17.6 Å². The summed E-state index contributed by atoms with van der Waals surface area (Å²) in [5, 5.41) is 0. The Hall–Kier alpha value is -2.08. The van der Waals surface area contributed by atoms with Gasteiger partial charge in [-0.2, -0.15) is 0 Å². The molecular formula is C15H18N2O3S. The molecule has 1 aromatic carbocycles. The average Bonchev–Trinajstić information content (AvgIpc) is 2.46. The third kappa shape index (κ3) is 3.33. The maximum atomic E-state index is 12.5. The largest absolute Gasteiger partial charge is 0.493 e. The molecule has 112 valence electrons. The lowest BCUT2D eigenvalue weighted by Crippen LogP contribution is -2.05. The summed E-state index contributed by atoms with van der Waals surface area (Å²) in [4.78, 5) is 4.84. The van der Waals surface area contributed by atoms with Crippen LogP contribution in [0.5, 0.6) is 11.5 Å². The normalized spacial score (nSPS) is 12.0. The zero-order valence-corrected chi connectivity index (χ0v) is 13.1. The topological polar surface area (TPSA) is 74.4 Å². The highest BCUT2D eigenvalue weighted by atomic mass is 32.2. The molecule has 1 aromatic heterocycles. The first-order valence-electron chi connectivity index (χ1n) is 6.37. The fourth-order valence-electron chi connectivity index (χ4n) is 2.03. The maximum Gasteiger partial charge on any atom is 0.183 e. The third-order valence-electron chi connectivity index (χ3n) is 3.04. The summed E-state index contributed by atoms with van der Waals surface area (Å²) in [6.07, 6.45) is 1.60. The molecule has 0 saturated heterocycles. The first-order valence-corrected chi connectivity index (χ1v) is 7.69. The van der Waals surface area contributed by atoms with Crippen LogP contribution in [0.15, 0.2) is 35.4 Å². The van der Waals surface area contributed by atoms with E-state index >= 15 is 0 Å². The number of nitrogens with zero attached hydrogens (tertiary/aromatic N) is 1. The van der Waals surface area contributed by atoms with E-state index in [1.807, 2.05) is 19.1 Å². The van der Waals surface area contributed by atoms with Gasteiger partial charge < -0.3 is 15.2 Å². The highest BCUT2D eigenvalue weighted by Gasteiger charge is 2.16. The van der Waals surface area contributed by atoms with Crippen LogP contribution in [0.25, 0.3) is 0 Å². The number of hydrogen-bond acceptors (Lipinski definition) is 5. The van der Waals surface area contributed by atoms with Gasteiger partial charge in [0.25, 0.3) is 0 Å². The van der Waals surface area contributed by atoms with Gasteiger partial charge in [0.15, 0.2) is 11.5 Å². The lowest BCUT2D eigenvalue weighted by atomic mass is 10.2. The van der Waals surface area contributed by atoms with E-state index in [4.69, 9.17) is 15.2 Å². The Kier molecular flexibility index (Phi) is 4.80. The predicted molar refractivity (Wildman–Crippen MR) is 83.0 cm³/mol. The van der Waals surface area contributed by atoms with Gasteiger partial charge >= 0.3 is 0 Å². The Morgan fingerprint density at radius 2 is 2.00 bits per heavy atom. The molecular weight excluding hydrogens is 288 g/mol. The summed E-state index contributed by atoms with van der Waals surface area (Å²) >= 11 is 0. The number of aryl methyl sites for hydroxylation is 1. The number of methoxy groups -OCH3 is 2. The van der Waals surface area contributed by atoms with Gasteiger partial charge in [0.05, 0.1) is 41.4 Å². The molecule has 0 amide bonds. The average molecular weight is 306 g/mol. The molecule has 0 fully saturated rings. The molecule has 2 N–H and O–H groups in total. The van der Waals surface area contributed by atoms with Gasteiger partial charge in [0, 0.05) is 18.0 Å². The van der Waals surface area contributed by atoms with Crippen LogP contribution < -0.4 is 15.2 Å². The van der Waals surface area contributed by atoms with Gasteiger partial charge in [-0.05, 0) is 24.6 Å². The summed E-state index contributed by atoms with van der Waals surface area (Å²) in [6.45, 7) is 1.94. The van der Waals surface area contributed by atoms with Crippen molar-refractivity contribution < 1.29 is 13.7 Å². The van der Waals surface area contributed by atoms with Crippen LogP contribution in [0.4, 0.5) is 5.69 Å². The van der Waals surface area contributed by atoms with Crippen LogP contribution in [0.1, 0.15) is 11.3 Å². The number of nitrogens with two attached hydrogens (primary N) is 1. The summed E-state index contributed by atoms with van der Waals surface area (Å²) in [5.74, 6) is 1.28. The van der Waals surface area contributed by atoms with Gasteiger partial charge in [0.2, 0.25) is 0 Å². The van der Waals surface area contributed by atoms with Crippen LogP contribution >= 0.6 is 0 Å². The Labute approximate surface area is 126 Å². The Morgan fingerprint density at radius 1 is 1.24 bits per heavy atom. The maximum absolute atomic E-state index is 12.5. The quantitative estimate of drug-likeness (QED) is 0.858. The summed E-state index contributed by atoms with van der Waals surface area (Å²) in [6, 6.07) is 7.18. The second-order valence-corrected chi connectivity index (χ2v) is 5.94. The van der Waals surface area contributed by atoms with E-state index in [9.17, 15) is 4.21 Å². The molecule has 6 heteroatoms. The molecule has 0 saturated carbocycles. The number of nitrogen functional groups attached to an aromatic ring is 1. The van der Waals surface area contributed by atoms with Gasteiger partial charge in [-0.25, -0.2) is 0 Å². The summed E-state index contributed by atoms with van der Waals surface area (Å²) in [5.41, 5.74) is 8.07. The molecule has 21 heavy (non-hydrogen) atoms. The van der Waals surface area contributed by atoms with Crippen molar-refractivity contribution in [3.63, 3.8) is 0 Å². The Balaban J connectivity index is 2.31. The van der Waals surface area contributed by atoms with E-state index in [-0.39, 0.29) is 5.75 Å². The Bertz CT molecular complexity index is 674. The molecule has 1 unspecified atom stereocenters. The minimum absolute atomic E-state index is 0.216. The number of ether oxygens (including phenoxy) is 2. The summed E-state index contributed by atoms with van der Waals surface area (Å²) in [7, 11) is 1.79. The third-order valence-corrected chi connectivity index (χ3v) is 4.44. The second-order valence-electron chi connectivity index (χ2n) is 4.52. The highest BCUT2D eigenvalue weighted by Crippen LogP contribution is 2.31. The highest BCUT2D eigenvalue weighted by molar-refractivity contribution is 7.84. The van der Waals surface area contributed by atoms with Crippen molar-refractivity contribution in [2.75, 3.05) is 20.0 Å². The molecule has 0 aliphatic rings. The zero-order valence-electron chi connectivity index (χ0n) is 12.3. The monoisotopic (exact) mass is 306 g/mol. The van der Waals surface area contributed by atoms with Crippen LogP contribution in [0.3, 0.4) is 0 Å². The van der Waals surface area contributed by atoms with Crippen LogP contribution in [-0.2, 0) is 16.6 Å². The number of benzene rings is 1. The molecule has 0 aliphatic carbocycles. The lowest BCUT2D eigenvalue weighted by Gasteiger charge is -2.12. The van der Waals surface area contributed by atoms with Gasteiger partial charge in [-0.3, -0.25) is 9.19 Å². The van der Waals surface area contributed by atoms with E-state index in [2.05, 4.69) is 4.98 Å². The zero-order chi connectivity index (χ0) is 15.4. The molecule has 1 heterocycles. The molecule has 5 nitrogen and oxygen atoms in total. The van der Waals surface area contributed by atoms with Crippen molar-refractivity contribution in [3.05, 3.63) is 41.7 Å². The fourth-order valence-corrected chi connectivity index (χ4v) is 3.18. The molecule has 2 aromatic rings. The number of aromatic nitrogens is 1. The second kappa shape index (κ2) is 6.58. The molecule has 0 spiro atoms. The van der Waals surface area contributed by atoms with Crippen molar-refractivity contribution in [2.24, 2.45) is 0 Å². The fraction of sp³-hybridized carbons (Fsp3) is 0.267. The van der Waals surface area contributed by atoms with E-state index in [0.29, 0.717) is 27.8 Å². The SMILES string of the molecule is COc1ccnc(CS(=O)c2ccc(C)cc2N)c1OC. The first-order chi connectivity index (χ1) is 10.1. The molecule has 2 rings (SSSR count). The van der Waals surface area contributed by atoms with E-state index < -0.39 is 10.8 Å². The van der Waals surface area contributed by atoms with Crippen LogP contribution in [0, 0.1) is 6.92 Å². The van der Waals surface area contributed by atoms with Crippen molar-refractivity contribution in [1.82, 2.24) is 4.98 Å². The summed E-state index contributed by atoms with van der Waals surface area (Å²) < 4.78 is 23.0. The number of pyridine rings is 1. The molecule has 0 radical (unpaired) electrons. The standard InChI is InChI=1S/C15H18N2O3S/c1-10-4-5-14(11(16)8-10)21(18)9-12-15(20-3)13(19-2)6-7-17-12/h4-8H,9,16H2,1-3H3. The predicted octanol–water partition coefficient (Wildman–Crippen LogP) is 2.30. The Morgan fingerprint density at radius 3 is 2.62 bits per heavy atom. The number of anilines is 1. The molecule has 1 atom stereocenters. The minimum Gasteiger partial charge on any atom is -0.493 e. The van der Waals surface area contributed by atoms with Gasteiger partial charge in [-0.15, -0.1) is 0 Å². The van der Waals surface area contributed by atoms with Crippen molar-refractivity contribution in [3.8, 4) is 11.5 Å². The van der Waals surface area contributed by atoms with Crippen LogP contribution in [0.2, 0.25) is 0 Å². The number of rotatable bonds is 5. The van der Waals surface area contributed by atoms with Gasteiger partial charge in [0.1, 0.15) is 0 Å². The van der Waals surface area contributed by atoms with Crippen molar-refractivity contribution in [1.29, 1.82) is 0 Å². The van der Waals surface area contributed by atoms with Crippen LogP contribution in [-0.4, -0.2) is 23.4 Å². The smallest absolute Gasteiger partial charge is 0.183 e. The van der Waals surface area contributed by atoms with E-state index in [0.717, 1.165) is 5.56 Å². The first kappa shape index (κ1) is 15.3. The molecule has 0 aliphatic heterocycles. The van der Waals surface area contributed by atoms with E-state index in [1.54, 1.807) is 25.4 Å². The lowest BCUT2D eigenvalue weighted by molar-refractivity contribution is 0.350. The minimum atomic E-state index is -1.30. The van der Waals surface area contributed by atoms with Crippen molar-refractivity contribution >= 4 is 16.5 Å². The van der Waals surface area contributed by atoms with E-state index in [1.165, 1.54) is 7.11 Å². The number of hydrogen-bond donors (Lipinski definition) is 1. The molecule has 0 bridgehead atoms.